The summed E-state index contributed by atoms with van der Waals surface area (Å²) in [4.78, 5) is 30.0. The highest BCUT2D eigenvalue weighted by Gasteiger charge is 2.34. The number of likely N-dealkylation sites (N-methyl/N-ethyl adjacent to an activating group) is 2. The third kappa shape index (κ3) is 2.87. The summed E-state index contributed by atoms with van der Waals surface area (Å²) in [7, 11) is 3.56. The first-order valence-corrected chi connectivity index (χ1v) is 8.50. The van der Waals surface area contributed by atoms with Crippen molar-refractivity contribution in [3.63, 3.8) is 0 Å². The molecular weight excluding hydrogens is 332 g/mol. The van der Waals surface area contributed by atoms with Crippen LogP contribution in [-0.4, -0.2) is 62.2 Å². The summed E-state index contributed by atoms with van der Waals surface area (Å²) in [5, 5.41) is 18.5. The Hall–Kier alpha value is -2.70. The number of ketones is 2. The molecule has 0 bridgehead atoms. The van der Waals surface area contributed by atoms with Crippen molar-refractivity contribution in [2.45, 2.75) is 0 Å². The lowest BCUT2D eigenvalue weighted by Gasteiger charge is -2.28. The van der Waals surface area contributed by atoms with Gasteiger partial charge in [0.2, 0.25) is 0 Å². The van der Waals surface area contributed by atoms with Crippen LogP contribution in [0.4, 0.5) is 11.4 Å². The first-order valence-electron chi connectivity index (χ1n) is 8.50. The summed E-state index contributed by atoms with van der Waals surface area (Å²) >= 11 is 0. The Morgan fingerprint density at radius 2 is 1.15 bits per heavy atom. The van der Waals surface area contributed by atoms with Crippen LogP contribution in [0.5, 0.6) is 0 Å². The van der Waals surface area contributed by atoms with E-state index in [1.165, 1.54) is 0 Å². The molecule has 26 heavy (non-hydrogen) atoms. The predicted molar refractivity (Wildman–Crippen MR) is 100 cm³/mol. The van der Waals surface area contributed by atoms with E-state index in [0.29, 0.717) is 46.7 Å². The van der Waals surface area contributed by atoms with Crippen LogP contribution in [0.15, 0.2) is 36.4 Å². The quantitative estimate of drug-likeness (QED) is 0.695. The molecule has 0 aromatic heterocycles. The Bertz CT molecular complexity index is 795. The van der Waals surface area contributed by atoms with Crippen molar-refractivity contribution in [1.29, 1.82) is 0 Å². The summed E-state index contributed by atoms with van der Waals surface area (Å²) in [5.41, 5.74) is 2.75. The van der Waals surface area contributed by atoms with Crippen LogP contribution >= 0.6 is 0 Å². The van der Waals surface area contributed by atoms with Crippen LogP contribution in [0.1, 0.15) is 31.8 Å². The maximum Gasteiger partial charge on any atom is 0.198 e. The standard InChI is InChI=1S/C20H22N2O4/c1-21(9-11-23)15-7-3-5-13-17(15)20(26)18-14(19(13)25)6-4-8-16(18)22(2)10-12-24/h3-8,23-24H,9-12H2,1-2H3. The average Bonchev–Trinajstić information content (AvgIpc) is 2.65. The summed E-state index contributed by atoms with van der Waals surface area (Å²) in [6.45, 7) is 0.612. The zero-order chi connectivity index (χ0) is 18.8. The van der Waals surface area contributed by atoms with E-state index in [4.69, 9.17) is 0 Å². The summed E-state index contributed by atoms with van der Waals surface area (Å²) < 4.78 is 0. The van der Waals surface area contributed by atoms with E-state index in [-0.39, 0.29) is 24.8 Å². The molecule has 136 valence electrons. The number of rotatable bonds is 6. The van der Waals surface area contributed by atoms with Crippen LogP contribution in [-0.2, 0) is 0 Å². The molecule has 1 aliphatic carbocycles. The van der Waals surface area contributed by atoms with Gasteiger partial charge in [-0.15, -0.1) is 0 Å². The Kier molecular flexibility index (Phi) is 5.06. The first kappa shape index (κ1) is 18.1. The molecule has 0 fully saturated rings. The van der Waals surface area contributed by atoms with Crippen molar-refractivity contribution in [2.75, 3.05) is 50.2 Å². The highest BCUT2D eigenvalue weighted by molar-refractivity contribution is 6.31. The molecule has 1 aliphatic rings. The molecule has 0 saturated carbocycles. The molecule has 0 aliphatic heterocycles. The topological polar surface area (TPSA) is 81.1 Å². The van der Waals surface area contributed by atoms with Gasteiger partial charge in [-0.05, 0) is 12.1 Å². The van der Waals surface area contributed by atoms with Gasteiger partial charge in [-0.25, -0.2) is 0 Å². The van der Waals surface area contributed by atoms with Crippen LogP contribution in [0, 0.1) is 0 Å². The smallest absolute Gasteiger partial charge is 0.198 e. The lowest BCUT2D eigenvalue weighted by atomic mass is 9.82. The fourth-order valence-corrected chi connectivity index (χ4v) is 3.38. The van der Waals surface area contributed by atoms with E-state index in [0.717, 1.165) is 0 Å². The highest BCUT2D eigenvalue weighted by Crippen LogP contribution is 2.37. The normalized spacial score (nSPS) is 12.6. The molecule has 6 heteroatoms. The zero-order valence-electron chi connectivity index (χ0n) is 14.9. The van der Waals surface area contributed by atoms with Crippen LogP contribution in [0.2, 0.25) is 0 Å². The van der Waals surface area contributed by atoms with Gasteiger partial charge in [0.15, 0.2) is 11.6 Å². The number of carbonyl (C=O) groups excluding carboxylic acids is 2. The Morgan fingerprint density at radius 1 is 0.731 bits per heavy atom. The Morgan fingerprint density at radius 3 is 1.54 bits per heavy atom. The van der Waals surface area contributed by atoms with Gasteiger partial charge < -0.3 is 20.0 Å². The van der Waals surface area contributed by atoms with E-state index >= 15 is 0 Å². The van der Waals surface area contributed by atoms with E-state index in [2.05, 4.69) is 0 Å². The van der Waals surface area contributed by atoms with Gasteiger partial charge in [0.05, 0.1) is 24.3 Å². The molecule has 2 aromatic rings. The average molecular weight is 354 g/mol. The Labute approximate surface area is 152 Å². The van der Waals surface area contributed by atoms with Gasteiger partial charge in [-0.2, -0.15) is 0 Å². The minimum absolute atomic E-state index is 0.0522. The number of aliphatic hydroxyl groups excluding tert-OH is 2. The third-order valence-corrected chi connectivity index (χ3v) is 4.72. The van der Waals surface area contributed by atoms with Gasteiger partial charge in [0.25, 0.3) is 0 Å². The van der Waals surface area contributed by atoms with E-state index in [9.17, 15) is 19.8 Å². The lowest BCUT2D eigenvalue weighted by Crippen LogP contribution is -2.30. The number of benzene rings is 2. The molecule has 0 amide bonds. The highest BCUT2D eigenvalue weighted by atomic mass is 16.3. The summed E-state index contributed by atoms with van der Waals surface area (Å²) in [5.74, 6) is -0.400. The second-order valence-electron chi connectivity index (χ2n) is 6.35. The zero-order valence-corrected chi connectivity index (χ0v) is 14.9. The van der Waals surface area contributed by atoms with Crippen molar-refractivity contribution in [3.8, 4) is 0 Å². The number of aliphatic hydroxyl groups is 2. The number of hydrogen-bond acceptors (Lipinski definition) is 6. The molecule has 0 unspecified atom stereocenters. The second kappa shape index (κ2) is 7.27. The SMILES string of the molecule is CN(CCO)c1cccc2c1C(=O)c1c(cccc1N(C)CCO)C2=O. The van der Waals surface area contributed by atoms with Crippen molar-refractivity contribution >= 4 is 22.9 Å². The summed E-state index contributed by atoms with van der Waals surface area (Å²) in [6.07, 6.45) is 0. The van der Waals surface area contributed by atoms with E-state index in [1.807, 2.05) is 0 Å². The third-order valence-electron chi connectivity index (χ3n) is 4.72. The Balaban J connectivity index is 2.20. The number of hydrogen-bond donors (Lipinski definition) is 2. The molecule has 3 rings (SSSR count). The number of fused-ring (bicyclic) bond motifs is 2. The maximum absolute atomic E-state index is 13.4. The largest absolute Gasteiger partial charge is 0.395 e. The molecular formula is C20H22N2O4. The lowest BCUT2D eigenvalue weighted by molar-refractivity contribution is 0.0979. The molecule has 0 heterocycles. The monoisotopic (exact) mass is 354 g/mol. The van der Waals surface area contributed by atoms with Crippen LogP contribution in [0.3, 0.4) is 0 Å². The van der Waals surface area contributed by atoms with Gasteiger partial charge >= 0.3 is 0 Å². The maximum atomic E-state index is 13.4. The fourth-order valence-electron chi connectivity index (χ4n) is 3.38. The minimum atomic E-state index is -0.213. The van der Waals surface area contributed by atoms with E-state index < -0.39 is 0 Å². The summed E-state index contributed by atoms with van der Waals surface area (Å²) in [6, 6.07) is 10.4. The van der Waals surface area contributed by atoms with Crippen molar-refractivity contribution in [1.82, 2.24) is 0 Å². The second-order valence-corrected chi connectivity index (χ2v) is 6.35. The predicted octanol–water partition coefficient (Wildman–Crippen LogP) is 1.32. The molecule has 6 nitrogen and oxygen atoms in total. The molecule has 2 aromatic carbocycles. The fraction of sp³-hybridized carbons (Fsp3) is 0.300. The van der Waals surface area contributed by atoms with Crippen molar-refractivity contribution in [2.24, 2.45) is 0 Å². The first-order chi connectivity index (χ1) is 12.5. The van der Waals surface area contributed by atoms with Gasteiger partial charge in [0.1, 0.15) is 0 Å². The van der Waals surface area contributed by atoms with Crippen LogP contribution < -0.4 is 9.80 Å². The minimum Gasteiger partial charge on any atom is -0.395 e. The molecule has 0 radical (unpaired) electrons. The molecule has 0 atom stereocenters. The molecule has 0 spiro atoms. The van der Waals surface area contributed by atoms with Crippen LogP contribution in [0.25, 0.3) is 0 Å². The molecule has 2 N–H and O–H groups in total. The molecule has 0 saturated heterocycles. The van der Waals surface area contributed by atoms with E-state index in [1.54, 1.807) is 60.3 Å². The van der Waals surface area contributed by atoms with Gasteiger partial charge in [-0.3, -0.25) is 9.59 Å². The van der Waals surface area contributed by atoms with Crippen molar-refractivity contribution in [3.05, 3.63) is 58.7 Å². The number of nitrogens with zero attached hydrogens (tertiary/aromatic N) is 2. The number of anilines is 2. The van der Waals surface area contributed by atoms with Gasteiger partial charge in [-0.1, -0.05) is 24.3 Å². The number of carbonyl (C=O) groups is 2. The van der Waals surface area contributed by atoms with Crippen molar-refractivity contribution < 1.29 is 19.8 Å². The van der Waals surface area contributed by atoms with Gasteiger partial charge in [0, 0.05) is 49.7 Å².